The number of fused-ring (bicyclic) bond motifs is 1. The molecule has 0 amide bonds. The number of aromatic nitrogens is 1. The highest BCUT2D eigenvalue weighted by Crippen LogP contribution is 2.21. The molecule has 2 N–H and O–H groups in total. The SMILES string of the molecule is Nc1c[c]nc2cc(Cl)ccc12. The monoisotopic (exact) mass is 177 g/mol. The van der Waals surface area contributed by atoms with Crippen LogP contribution in [-0.4, -0.2) is 4.98 Å². The summed E-state index contributed by atoms with van der Waals surface area (Å²) in [4.78, 5) is 4.01. The van der Waals surface area contributed by atoms with Crippen molar-refractivity contribution in [3.05, 3.63) is 35.5 Å². The summed E-state index contributed by atoms with van der Waals surface area (Å²) in [5.74, 6) is 0. The zero-order chi connectivity index (χ0) is 8.55. The number of benzene rings is 1. The lowest BCUT2D eigenvalue weighted by molar-refractivity contribution is 1.39. The van der Waals surface area contributed by atoms with E-state index in [2.05, 4.69) is 11.2 Å². The first-order valence-corrected chi connectivity index (χ1v) is 3.87. The van der Waals surface area contributed by atoms with E-state index in [4.69, 9.17) is 17.3 Å². The number of halogens is 1. The van der Waals surface area contributed by atoms with Crippen LogP contribution in [0.15, 0.2) is 24.3 Å². The first kappa shape index (κ1) is 7.37. The number of hydrogen-bond acceptors (Lipinski definition) is 2. The van der Waals surface area contributed by atoms with Crippen LogP contribution in [0.3, 0.4) is 0 Å². The molecule has 0 saturated heterocycles. The van der Waals surface area contributed by atoms with Crippen LogP contribution in [-0.2, 0) is 0 Å². The van der Waals surface area contributed by atoms with E-state index < -0.39 is 0 Å². The van der Waals surface area contributed by atoms with Gasteiger partial charge in [0.05, 0.1) is 11.7 Å². The van der Waals surface area contributed by atoms with Gasteiger partial charge in [-0.3, -0.25) is 0 Å². The molecule has 12 heavy (non-hydrogen) atoms. The van der Waals surface area contributed by atoms with Crippen molar-refractivity contribution in [2.75, 3.05) is 5.73 Å². The van der Waals surface area contributed by atoms with E-state index in [1.165, 1.54) is 0 Å². The van der Waals surface area contributed by atoms with Crippen molar-refractivity contribution in [3.8, 4) is 0 Å². The summed E-state index contributed by atoms with van der Waals surface area (Å²) in [6.45, 7) is 0. The molecular weight excluding hydrogens is 172 g/mol. The number of pyridine rings is 1. The van der Waals surface area contributed by atoms with Crippen LogP contribution in [0.1, 0.15) is 0 Å². The minimum atomic E-state index is 0.661. The van der Waals surface area contributed by atoms with E-state index in [9.17, 15) is 0 Å². The van der Waals surface area contributed by atoms with Crippen LogP contribution in [0.4, 0.5) is 5.69 Å². The zero-order valence-electron chi connectivity index (χ0n) is 6.21. The second kappa shape index (κ2) is 2.64. The van der Waals surface area contributed by atoms with Crippen molar-refractivity contribution in [1.82, 2.24) is 4.98 Å². The summed E-state index contributed by atoms with van der Waals surface area (Å²) >= 11 is 5.78. The Morgan fingerprint density at radius 3 is 3.08 bits per heavy atom. The second-order valence-corrected chi connectivity index (χ2v) is 2.94. The predicted molar refractivity (Wildman–Crippen MR) is 50.0 cm³/mol. The number of hydrogen-bond donors (Lipinski definition) is 1. The number of nitrogen functional groups attached to an aromatic ring is 1. The Morgan fingerprint density at radius 1 is 1.42 bits per heavy atom. The molecule has 2 nitrogen and oxygen atoms in total. The third kappa shape index (κ3) is 1.10. The van der Waals surface area contributed by atoms with Crippen molar-refractivity contribution in [3.63, 3.8) is 0 Å². The third-order valence-electron chi connectivity index (χ3n) is 1.68. The molecule has 0 spiro atoms. The van der Waals surface area contributed by atoms with Gasteiger partial charge >= 0.3 is 0 Å². The predicted octanol–water partition coefficient (Wildman–Crippen LogP) is 2.27. The topological polar surface area (TPSA) is 38.9 Å². The molecule has 2 rings (SSSR count). The van der Waals surface area contributed by atoms with Crippen molar-refractivity contribution in [2.24, 2.45) is 0 Å². The molecule has 0 aliphatic carbocycles. The maximum Gasteiger partial charge on any atom is 0.0915 e. The van der Waals surface area contributed by atoms with Crippen molar-refractivity contribution >= 4 is 28.2 Å². The molecule has 0 saturated carbocycles. The van der Waals surface area contributed by atoms with Crippen LogP contribution in [0.2, 0.25) is 5.02 Å². The van der Waals surface area contributed by atoms with E-state index in [0.717, 1.165) is 10.9 Å². The Balaban J connectivity index is 2.86. The highest BCUT2D eigenvalue weighted by atomic mass is 35.5. The fraction of sp³-hybridized carbons (Fsp3) is 0. The third-order valence-corrected chi connectivity index (χ3v) is 1.91. The first-order valence-electron chi connectivity index (χ1n) is 3.49. The fourth-order valence-electron chi connectivity index (χ4n) is 1.09. The lowest BCUT2D eigenvalue weighted by Gasteiger charge is -1.99. The smallest absolute Gasteiger partial charge is 0.0915 e. The number of nitrogens with zero attached hydrogens (tertiary/aromatic N) is 1. The maximum absolute atomic E-state index is 5.78. The second-order valence-electron chi connectivity index (χ2n) is 2.50. The Hall–Kier alpha value is -1.28. The van der Waals surface area contributed by atoms with Gasteiger partial charge in [-0.1, -0.05) is 11.6 Å². The summed E-state index contributed by atoms with van der Waals surface area (Å²) in [6, 6.07) is 7.07. The van der Waals surface area contributed by atoms with Crippen LogP contribution >= 0.6 is 11.6 Å². The van der Waals surface area contributed by atoms with Crippen molar-refractivity contribution in [2.45, 2.75) is 0 Å². The van der Waals surface area contributed by atoms with Crippen LogP contribution in [0, 0.1) is 6.20 Å². The molecule has 0 aliphatic rings. The highest BCUT2D eigenvalue weighted by molar-refractivity contribution is 6.31. The van der Waals surface area contributed by atoms with Crippen LogP contribution in [0.5, 0.6) is 0 Å². The van der Waals surface area contributed by atoms with Gasteiger partial charge in [0.25, 0.3) is 0 Å². The molecule has 2 aromatic rings. The largest absolute Gasteiger partial charge is 0.398 e. The van der Waals surface area contributed by atoms with Gasteiger partial charge in [0.2, 0.25) is 0 Å². The van der Waals surface area contributed by atoms with Gasteiger partial charge in [0, 0.05) is 16.1 Å². The van der Waals surface area contributed by atoms with E-state index >= 15 is 0 Å². The number of anilines is 1. The molecule has 1 aromatic heterocycles. The Labute approximate surface area is 75.0 Å². The Kier molecular flexibility index (Phi) is 1.62. The zero-order valence-corrected chi connectivity index (χ0v) is 6.97. The molecule has 1 heterocycles. The summed E-state index contributed by atoms with van der Waals surface area (Å²) in [5.41, 5.74) is 7.15. The van der Waals surface area contributed by atoms with E-state index in [-0.39, 0.29) is 0 Å². The normalized spacial score (nSPS) is 10.4. The minimum absolute atomic E-state index is 0.661. The number of nitrogens with two attached hydrogens (primary N) is 1. The fourth-order valence-corrected chi connectivity index (χ4v) is 1.26. The average molecular weight is 178 g/mol. The Bertz CT molecular complexity index is 426. The standard InChI is InChI=1S/C9H6ClN2/c10-6-1-2-7-8(11)3-4-12-9(7)5-6/h1-3,5H,(H2,11,12). The summed E-state index contributed by atoms with van der Waals surface area (Å²) in [7, 11) is 0. The molecule has 1 aromatic carbocycles. The molecule has 59 valence electrons. The highest BCUT2D eigenvalue weighted by Gasteiger charge is 1.98. The summed E-state index contributed by atoms with van der Waals surface area (Å²) in [6.07, 6.45) is 2.70. The van der Waals surface area contributed by atoms with Crippen LogP contribution in [0.25, 0.3) is 10.9 Å². The molecule has 1 radical (unpaired) electrons. The molecule has 0 unspecified atom stereocenters. The maximum atomic E-state index is 5.78. The van der Waals surface area contributed by atoms with Gasteiger partial charge < -0.3 is 5.73 Å². The van der Waals surface area contributed by atoms with Gasteiger partial charge in [-0.2, -0.15) is 0 Å². The first-order chi connectivity index (χ1) is 5.77. The van der Waals surface area contributed by atoms with Crippen LogP contribution < -0.4 is 5.73 Å². The van der Waals surface area contributed by atoms with Gasteiger partial charge in [-0.25, -0.2) is 4.98 Å². The molecule has 3 heteroatoms. The van der Waals surface area contributed by atoms with Crippen molar-refractivity contribution in [1.29, 1.82) is 0 Å². The van der Waals surface area contributed by atoms with Crippen molar-refractivity contribution < 1.29 is 0 Å². The molecule has 0 atom stereocenters. The van der Waals surface area contributed by atoms with E-state index in [1.807, 2.05) is 6.07 Å². The van der Waals surface area contributed by atoms with Gasteiger partial charge in [0.15, 0.2) is 0 Å². The lowest BCUT2D eigenvalue weighted by Crippen LogP contribution is -1.88. The molecule has 0 fully saturated rings. The van der Waals surface area contributed by atoms with E-state index in [1.54, 1.807) is 18.2 Å². The number of rotatable bonds is 0. The van der Waals surface area contributed by atoms with Gasteiger partial charge in [-0.15, -0.1) is 0 Å². The molecule has 0 aliphatic heterocycles. The summed E-state index contributed by atoms with van der Waals surface area (Å²) < 4.78 is 0. The van der Waals surface area contributed by atoms with Gasteiger partial charge in [-0.05, 0) is 24.3 Å². The van der Waals surface area contributed by atoms with Gasteiger partial charge in [0.1, 0.15) is 0 Å². The lowest BCUT2D eigenvalue weighted by atomic mass is 10.2. The molecule has 0 bridgehead atoms. The quantitative estimate of drug-likeness (QED) is 0.671. The summed E-state index contributed by atoms with van der Waals surface area (Å²) in [5, 5.41) is 1.58. The average Bonchev–Trinajstić information content (AvgIpc) is 2.04. The van der Waals surface area contributed by atoms with E-state index in [0.29, 0.717) is 10.7 Å². The Morgan fingerprint density at radius 2 is 2.25 bits per heavy atom. The molecular formula is C9H6ClN2. The minimum Gasteiger partial charge on any atom is -0.398 e.